The van der Waals surface area contributed by atoms with Crippen molar-refractivity contribution >= 4 is 5.84 Å². The van der Waals surface area contributed by atoms with Gasteiger partial charge in [-0.15, -0.1) is 0 Å². The van der Waals surface area contributed by atoms with Gasteiger partial charge in [-0.2, -0.15) is 0 Å². The molecule has 3 rings (SSSR count). The van der Waals surface area contributed by atoms with E-state index in [4.69, 9.17) is 4.84 Å². The summed E-state index contributed by atoms with van der Waals surface area (Å²) in [5.41, 5.74) is 4.54. The molecule has 0 aromatic heterocycles. The first-order valence-electron chi connectivity index (χ1n) is 9.12. The first-order valence-corrected chi connectivity index (χ1v) is 9.12. The summed E-state index contributed by atoms with van der Waals surface area (Å²) >= 11 is 0. The first-order chi connectivity index (χ1) is 11.4. The fourth-order valence-corrected chi connectivity index (χ4v) is 3.67. The number of allylic oxidation sites excluding steroid dienone is 1. The van der Waals surface area contributed by atoms with E-state index in [0.29, 0.717) is 18.1 Å². The maximum Gasteiger partial charge on any atom is 0.168 e. The van der Waals surface area contributed by atoms with Crippen molar-refractivity contribution in [2.24, 2.45) is 10.6 Å². The molecule has 3 heteroatoms. The Morgan fingerprint density at radius 1 is 1.25 bits per heavy atom. The summed E-state index contributed by atoms with van der Waals surface area (Å²) in [6, 6.07) is 9.44. The van der Waals surface area contributed by atoms with Crippen LogP contribution in [0, 0.1) is 5.41 Å². The minimum atomic E-state index is 0.319. The Morgan fingerprint density at radius 3 is 2.83 bits per heavy atom. The standard InChI is InChI=1S/C21H30N2O/c1-16-7-6-10-23-19(15-24-22-20(23)11-16)13-17-8-5-9-18(12-17)14-21(2,3)4/h5,8-9,11-12,19H,6-7,10,13-15H2,1-4H3. The van der Waals surface area contributed by atoms with E-state index in [1.54, 1.807) is 0 Å². The van der Waals surface area contributed by atoms with Crippen molar-refractivity contribution in [1.29, 1.82) is 0 Å². The van der Waals surface area contributed by atoms with Gasteiger partial charge >= 0.3 is 0 Å². The summed E-state index contributed by atoms with van der Waals surface area (Å²) in [6.07, 6.45) is 6.67. The van der Waals surface area contributed by atoms with Gasteiger partial charge in [0.2, 0.25) is 0 Å². The third-order valence-corrected chi connectivity index (χ3v) is 4.70. The van der Waals surface area contributed by atoms with Crippen LogP contribution in [0.1, 0.15) is 51.7 Å². The van der Waals surface area contributed by atoms with Gasteiger partial charge < -0.3 is 9.74 Å². The molecule has 0 fully saturated rings. The third-order valence-electron chi connectivity index (χ3n) is 4.70. The van der Waals surface area contributed by atoms with Gasteiger partial charge in [-0.1, -0.05) is 55.8 Å². The molecule has 1 aromatic carbocycles. The molecule has 1 unspecified atom stereocenters. The monoisotopic (exact) mass is 326 g/mol. The fourth-order valence-electron chi connectivity index (χ4n) is 3.67. The van der Waals surface area contributed by atoms with Crippen LogP contribution in [0.3, 0.4) is 0 Å². The van der Waals surface area contributed by atoms with Crippen molar-refractivity contribution in [3.05, 3.63) is 47.0 Å². The highest BCUT2D eigenvalue weighted by Crippen LogP contribution is 2.24. The Kier molecular flexibility index (Phi) is 4.98. The smallest absolute Gasteiger partial charge is 0.168 e. The maximum absolute atomic E-state index is 5.54. The minimum absolute atomic E-state index is 0.319. The SMILES string of the molecule is CC1=CC2=NOCC(Cc3cccc(CC(C)(C)C)c3)N2CCC1. The van der Waals surface area contributed by atoms with Gasteiger partial charge in [0.05, 0.1) is 6.04 Å². The largest absolute Gasteiger partial charge is 0.392 e. The van der Waals surface area contributed by atoms with Gasteiger partial charge in [-0.25, -0.2) is 0 Å². The number of hydrogen-bond donors (Lipinski definition) is 0. The van der Waals surface area contributed by atoms with Crippen molar-refractivity contribution in [2.45, 2.75) is 59.4 Å². The fraction of sp³-hybridized carbons (Fsp3) is 0.571. The molecule has 0 spiro atoms. The van der Waals surface area contributed by atoms with Crippen LogP contribution in [0.4, 0.5) is 0 Å². The topological polar surface area (TPSA) is 24.8 Å². The molecule has 3 nitrogen and oxygen atoms in total. The highest BCUT2D eigenvalue weighted by molar-refractivity contribution is 5.94. The number of nitrogens with zero attached hydrogens (tertiary/aromatic N) is 2. The Balaban J connectivity index is 1.74. The van der Waals surface area contributed by atoms with Crippen LogP contribution in [0.25, 0.3) is 0 Å². The number of benzene rings is 1. The Labute approximate surface area is 146 Å². The predicted molar refractivity (Wildman–Crippen MR) is 100 cm³/mol. The van der Waals surface area contributed by atoms with E-state index in [2.05, 4.69) is 68.1 Å². The molecule has 0 N–H and O–H groups in total. The van der Waals surface area contributed by atoms with Crippen LogP contribution in [0.15, 0.2) is 41.1 Å². The lowest BCUT2D eigenvalue weighted by molar-refractivity contribution is 0.0620. The number of amidine groups is 1. The van der Waals surface area contributed by atoms with Gasteiger partial charge in [0.1, 0.15) is 6.61 Å². The third kappa shape index (κ3) is 4.40. The summed E-state index contributed by atoms with van der Waals surface area (Å²) in [6.45, 7) is 10.8. The van der Waals surface area contributed by atoms with E-state index in [9.17, 15) is 0 Å². The van der Waals surface area contributed by atoms with Crippen LogP contribution in [-0.2, 0) is 17.7 Å². The zero-order valence-electron chi connectivity index (χ0n) is 15.5. The van der Waals surface area contributed by atoms with Crippen molar-refractivity contribution < 1.29 is 4.84 Å². The molecular formula is C21H30N2O. The van der Waals surface area contributed by atoms with Crippen LogP contribution >= 0.6 is 0 Å². The van der Waals surface area contributed by atoms with Crippen molar-refractivity contribution in [2.75, 3.05) is 13.2 Å². The molecule has 24 heavy (non-hydrogen) atoms. The molecule has 2 aliphatic rings. The summed E-state index contributed by atoms with van der Waals surface area (Å²) in [5.74, 6) is 1.01. The normalized spacial score (nSPS) is 21.3. The zero-order chi connectivity index (χ0) is 17.2. The van der Waals surface area contributed by atoms with E-state index < -0.39 is 0 Å². The number of hydrogen-bond acceptors (Lipinski definition) is 3. The van der Waals surface area contributed by atoms with Crippen molar-refractivity contribution in [1.82, 2.24) is 4.90 Å². The molecule has 1 atom stereocenters. The van der Waals surface area contributed by atoms with E-state index in [1.165, 1.54) is 23.1 Å². The van der Waals surface area contributed by atoms with Crippen LogP contribution in [0.5, 0.6) is 0 Å². The lowest BCUT2D eigenvalue weighted by atomic mass is 9.87. The van der Waals surface area contributed by atoms with Gasteiger partial charge in [0, 0.05) is 6.54 Å². The quantitative estimate of drug-likeness (QED) is 0.812. The molecule has 1 aromatic rings. The molecular weight excluding hydrogens is 296 g/mol. The Hall–Kier alpha value is -1.77. The average molecular weight is 326 g/mol. The van der Waals surface area contributed by atoms with E-state index in [-0.39, 0.29) is 0 Å². The van der Waals surface area contributed by atoms with Gasteiger partial charge in [0.15, 0.2) is 5.84 Å². The van der Waals surface area contributed by atoms with Crippen molar-refractivity contribution in [3.63, 3.8) is 0 Å². The van der Waals surface area contributed by atoms with Crippen LogP contribution in [-0.4, -0.2) is 29.9 Å². The molecule has 2 heterocycles. The molecule has 2 aliphatic heterocycles. The minimum Gasteiger partial charge on any atom is -0.392 e. The predicted octanol–water partition coefficient (Wildman–Crippen LogP) is 4.57. The summed E-state index contributed by atoms with van der Waals surface area (Å²) in [4.78, 5) is 7.98. The average Bonchev–Trinajstić information content (AvgIpc) is 2.67. The van der Waals surface area contributed by atoms with Crippen LogP contribution < -0.4 is 0 Å². The Bertz CT molecular complexity index is 639. The highest BCUT2D eigenvalue weighted by atomic mass is 16.6. The summed E-state index contributed by atoms with van der Waals surface area (Å²) in [7, 11) is 0. The van der Waals surface area contributed by atoms with E-state index in [0.717, 1.165) is 31.6 Å². The lowest BCUT2D eigenvalue weighted by Gasteiger charge is -2.35. The van der Waals surface area contributed by atoms with E-state index in [1.807, 2.05) is 0 Å². The molecule has 0 amide bonds. The summed E-state index contributed by atoms with van der Waals surface area (Å²) in [5, 5.41) is 4.29. The molecule has 0 aliphatic carbocycles. The number of oxime groups is 1. The Morgan fingerprint density at radius 2 is 2.04 bits per heavy atom. The number of rotatable bonds is 3. The van der Waals surface area contributed by atoms with Crippen LogP contribution in [0.2, 0.25) is 0 Å². The second kappa shape index (κ2) is 7.00. The molecule has 130 valence electrons. The molecule has 0 saturated heterocycles. The maximum atomic E-state index is 5.54. The number of fused-ring (bicyclic) bond motifs is 1. The van der Waals surface area contributed by atoms with Crippen molar-refractivity contribution in [3.8, 4) is 0 Å². The second-order valence-corrected chi connectivity index (χ2v) is 8.45. The van der Waals surface area contributed by atoms with E-state index >= 15 is 0 Å². The first kappa shape index (κ1) is 17.1. The molecule has 0 bridgehead atoms. The molecule has 0 radical (unpaired) electrons. The lowest BCUT2D eigenvalue weighted by Crippen LogP contribution is -2.46. The summed E-state index contributed by atoms with van der Waals surface area (Å²) < 4.78 is 0. The second-order valence-electron chi connectivity index (χ2n) is 8.45. The van der Waals surface area contributed by atoms with Gasteiger partial charge in [0.25, 0.3) is 0 Å². The molecule has 0 saturated carbocycles. The van der Waals surface area contributed by atoms with Gasteiger partial charge in [-0.05, 0) is 55.2 Å². The zero-order valence-corrected chi connectivity index (χ0v) is 15.5. The highest BCUT2D eigenvalue weighted by Gasteiger charge is 2.27. The van der Waals surface area contributed by atoms with Gasteiger partial charge in [-0.3, -0.25) is 0 Å².